The van der Waals surface area contributed by atoms with E-state index in [1.165, 1.54) is 0 Å². The van der Waals surface area contributed by atoms with Gasteiger partial charge in [0, 0.05) is 17.5 Å². The van der Waals surface area contributed by atoms with Gasteiger partial charge in [0.25, 0.3) is 0 Å². The van der Waals surface area contributed by atoms with Crippen LogP contribution in [0, 0.1) is 6.92 Å². The number of aromatic amines is 1. The van der Waals surface area contributed by atoms with E-state index in [1.54, 1.807) is 18.3 Å². The zero-order chi connectivity index (χ0) is 12.7. The highest BCUT2D eigenvalue weighted by molar-refractivity contribution is 6.42. The van der Waals surface area contributed by atoms with Gasteiger partial charge in [0.2, 0.25) is 0 Å². The molecule has 0 saturated carbocycles. The average molecular weight is 278 g/mol. The van der Waals surface area contributed by atoms with E-state index in [9.17, 15) is 0 Å². The highest BCUT2D eigenvalue weighted by atomic mass is 35.5. The Hall–Kier alpha value is -1.58. The minimum atomic E-state index is 0.508. The first-order chi connectivity index (χ1) is 8.63. The molecule has 0 radical (unpaired) electrons. The second-order valence-electron chi connectivity index (χ2n) is 4.05. The number of aromatic nitrogens is 3. The Balaban J connectivity index is 2.19. The molecule has 0 spiro atoms. The predicted molar refractivity (Wildman–Crippen MR) is 74.1 cm³/mol. The van der Waals surface area contributed by atoms with Crippen LogP contribution < -0.4 is 0 Å². The van der Waals surface area contributed by atoms with Crippen LogP contribution >= 0.6 is 23.2 Å². The maximum absolute atomic E-state index is 5.98. The number of benzene rings is 1. The Bertz CT molecular complexity index is 695. The van der Waals surface area contributed by atoms with Crippen molar-refractivity contribution in [1.82, 2.24) is 15.0 Å². The van der Waals surface area contributed by atoms with Crippen molar-refractivity contribution in [3.8, 4) is 11.4 Å². The summed E-state index contributed by atoms with van der Waals surface area (Å²) in [5, 5.41) is 1.03. The fourth-order valence-electron chi connectivity index (χ4n) is 1.83. The molecule has 0 fully saturated rings. The molecule has 2 aromatic heterocycles. The van der Waals surface area contributed by atoms with Crippen LogP contribution in [0.15, 0.2) is 30.5 Å². The molecule has 2 heterocycles. The lowest BCUT2D eigenvalue weighted by molar-refractivity contribution is 1.19. The summed E-state index contributed by atoms with van der Waals surface area (Å²) < 4.78 is 0. The number of imidazole rings is 1. The number of fused-ring (bicyclic) bond motifs is 1. The van der Waals surface area contributed by atoms with Crippen molar-refractivity contribution < 1.29 is 0 Å². The summed E-state index contributed by atoms with van der Waals surface area (Å²) >= 11 is 12.0. The number of nitrogens with zero attached hydrogens (tertiary/aromatic N) is 2. The lowest BCUT2D eigenvalue weighted by atomic mass is 10.2. The van der Waals surface area contributed by atoms with Gasteiger partial charge in [0.1, 0.15) is 5.82 Å². The van der Waals surface area contributed by atoms with Crippen molar-refractivity contribution in [1.29, 1.82) is 0 Å². The maximum atomic E-state index is 5.98. The summed E-state index contributed by atoms with van der Waals surface area (Å²) in [6, 6.07) is 7.42. The molecule has 0 saturated heterocycles. The van der Waals surface area contributed by atoms with Crippen molar-refractivity contribution in [2.75, 3.05) is 0 Å². The zero-order valence-corrected chi connectivity index (χ0v) is 11.0. The Morgan fingerprint density at radius 1 is 1.11 bits per heavy atom. The van der Waals surface area contributed by atoms with E-state index in [0.717, 1.165) is 28.1 Å². The molecule has 0 atom stereocenters. The number of aryl methyl sites for hydroxylation is 1. The van der Waals surface area contributed by atoms with Crippen LogP contribution in [0.5, 0.6) is 0 Å². The van der Waals surface area contributed by atoms with Crippen molar-refractivity contribution in [2.24, 2.45) is 0 Å². The molecule has 3 rings (SSSR count). The number of rotatable bonds is 1. The molecule has 18 heavy (non-hydrogen) atoms. The Labute approximate surface area is 114 Å². The van der Waals surface area contributed by atoms with E-state index in [4.69, 9.17) is 23.2 Å². The van der Waals surface area contributed by atoms with Crippen LogP contribution in [-0.2, 0) is 0 Å². The van der Waals surface area contributed by atoms with Gasteiger partial charge in [-0.05, 0) is 31.2 Å². The first kappa shape index (κ1) is 11.5. The molecule has 3 nitrogen and oxygen atoms in total. The van der Waals surface area contributed by atoms with Crippen molar-refractivity contribution >= 4 is 34.2 Å². The summed E-state index contributed by atoms with van der Waals surface area (Å²) in [6.45, 7) is 1.94. The third-order valence-electron chi connectivity index (χ3n) is 2.69. The summed E-state index contributed by atoms with van der Waals surface area (Å²) in [4.78, 5) is 11.9. The SMILES string of the molecule is Cc1cc(-c2nc3cc(Cl)c(Cl)cc3[nH]2)ccn1. The minimum Gasteiger partial charge on any atom is -0.338 e. The van der Waals surface area contributed by atoms with E-state index in [1.807, 2.05) is 19.1 Å². The van der Waals surface area contributed by atoms with Gasteiger partial charge >= 0.3 is 0 Å². The van der Waals surface area contributed by atoms with Crippen LogP contribution in [0.2, 0.25) is 10.0 Å². The fourth-order valence-corrected chi connectivity index (χ4v) is 2.16. The van der Waals surface area contributed by atoms with Gasteiger partial charge in [-0.2, -0.15) is 0 Å². The molecule has 3 aromatic rings. The van der Waals surface area contributed by atoms with E-state index in [2.05, 4.69) is 15.0 Å². The smallest absolute Gasteiger partial charge is 0.138 e. The first-order valence-corrected chi connectivity index (χ1v) is 6.17. The maximum Gasteiger partial charge on any atom is 0.138 e. The molecule has 0 amide bonds. The minimum absolute atomic E-state index is 0.508. The van der Waals surface area contributed by atoms with E-state index >= 15 is 0 Å². The zero-order valence-electron chi connectivity index (χ0n) is 9.54. The molecule has 1 aromatic carbocycles. The molecule has 90 valence electrons. The number of hydrogen-bond donors (Lipinski definition) is 1. The molecule has 0 aliphatic carbocycles. The van der Waals surface area contributed by atoms with Gasteiger partial charge < -0.3 is 4.98 Å². The molecule has 0 unspecified atom stereocenters. The van der Waals surface area contributed by atoms with Crippen LogP contribution in [0.3, 0.4) is 0 Å². The van der Waals surface area contributed by atoms with Gasteiger partial charge in [-0.3, -0.25) is 4.98 Å². The highest BCUT2D eigenvalue weighted by Gasteiger charge is 2.08. The summed E-state index contributed by atoms with van der Waals surface area (Å²) in [5.41, 5.74) is 3.61. The predicted octanol–water partition coefficient (Wildman–Crippen LogP) is 4.24. The van der Waals surface area contributed by atoms with Crippen LogP contribution in [0.4, 0.5) is 0 Å². The molecule has 0 bridgehead atoms. The molecule has 1 N–H and O–H groups in total. The summed E-state index contributed by atoms with van der Waals surface area (Å²) in [7, 11) is 0. The number of hydrogen-bond acceptors (Lipinski definition) is 2. The van der Waals surface area contributed by atoms with Gasteiger partial charge in [-0.1, -0.05) is 23.2 Å². The highest BCUT2D eigenvalue weighted by Crippen LogP contribution is 2.28. The van der Waals surface area contributed by atoms with Crippen molar-refractivity contribution in [2.45, 2.75) is 6.92 Å². The topological polar surface area (TPSA) is 41.6 Å². The Morgan fingerprint density at radius 2 is 1.89 bits per heavy atom. The van der Waals surface area contributed by atoms with E-state index < -0.39 is 0 Å². The lowest BCUT2D eigenvalue weighted by Gasteiger charge is -1.96. The fraction of sp³-hybridized carbons (Fsp3) is 0.0769. The van der Waals surface area contributed by atoms with Gasteiger partial charge in [-0.15, -0.1) is 0 Å². The third kappa shape index (κ3) is 1.96. The Kier molecular flexibility index (Phi) is 2.73. The molecular formula is C13H9Cl2N3. The number of nitrogens with one attached hydrogen (secondary N) is 1. The normalized spacial score (nSPS) is 11.1. The largest absolute Gasteiger partial charge is 0.338 e. The average Bonchev–Trinajstić information content (AvgIpc) is 2.73. The third-order valence-corrected chi connectivity index (χ3v) is 3.42. The lowest BCUT2D eigenvalue weighted by Crippen LogP contribution is -1.84. The summed E-state index contributed by atoms with van der Waals surface area (Å²) in [5.74, 6) is 0.786. The van der Waals surface area contributed by atoms with Crippen LogP contribution in [0.25, 0.3) is 22.4 Å². The van der Waals surface area contributed by atoms with Gasteiger partial charge in [0.15, 0.2) is 0 Å². The van der Waals surface area contributed by atoms with Crippen molar-refractivity contribution in [3.63, 3.8) is 0 Å². The second kappa shape index (κ2) is 4.26. The van der Waals surface area contributed by atoms with Gasteiger partial charge in [0.05, 0.1) is 21.1 Å². The molecule has 5 heteroatoms. The number of halogens is 2. The van der Waals surface area contributed by atoms with Crippen LogP contribution in [-0.4, -0.2) is 15.0 Å². The Morgan fingerprint density at radius 3 is 2.67 bits per heavy atom. The first-order valence-electron chi connectivity index (χ1n) is 5.41. The van der Waals surface area contributed by atoms with E-state index in [-0.39, 0.29) is 0 Å². The molecule has 0 aliphatic heterocycles. The van der Waals surface area contributed by atoms with Gasteiger partial charge in [-0.25, -0.2) is 4.98 Å². The molecule has 0 aliphatic rings. The standard InChI is InChI=1S/C13H9Cl2N3/c1-7-4-8(2-3-16-7)13-17-11-5-9(14)10(15)6-12(11)18-13/h2-6H,1H3,(H,17,18). The quantitative estimate of drug-likeness (QED) is 0.723. The molecular weight excluding hydrogens is 269 g/mol. The second-order valence-corrected chi connectivity index (χ2v) is 4.87. The number of H-pyrrole nitrogens is 1. The van der Waals surface area contributed by atoms with E-state index in [0.29, 0.717) is 10.0 Å². The number of pyridine rings is 1. The summed E-state index contributed by atoms with van der Waals surface area (Å²) in [6.07, 6.45) is 1.76. The van der Waals surface area contributed by atoms with Crippen molar-refractivity contribution in [3.05, 3.63) is 46.2 Å². The van der Waals surface area contributed by atoms with Crippen LogP contribution in [0.1, 0.15) is 5.69 Å². The monoisotopic (exact) mass is 277 g/mol.